The van der Waals surface area contributed by atoms with Crippen LogP contribution >= 0.6 is 0 Å². The summed E-state index contributed by atoms with van der Waals surface area (Å²) in [4.78, 5) is 16.2. The van der Waals surface area contributed by atoms with Crippen LogP contribution < -0.4 is 5.32 Å². The SMILES string of the molecule is CN(C)CCNc1ccc(C(=O)N2CCCCC2)nn1. The molecule has 0 spiro atoms. The van der Waals surface area contributed by atoms with Gasteiger partial charge in [-0.05, 0) is 45.5 Å². The monoisotopic (exact) mass is 277 g/mol. The fourth-order valence-electron chi connectivity index (χ4n) is 2.21. The van der Waals surface area contributed by atoms with Gasteiger partial charge in [-0.1, -0.05) is 0 Å². The van der Waals surface area contributed by atoms with Gasteiger partial charge in [-0.25, -0.2) is 0 Å². The summed E-state index contributed by atoms with van der Waals surface area (Å²) in [5.74, 6) is 0.707. The summed E-state index contributed by atoms with van der Waals surface area (Å²) in [5.41, 5.74) is 0.435. The number of nitrogens with zero attached hydrogens (tertiary/aromatic N) is 4. The maximum absolute atomic E-state index is 12.2. The molecular formula is C14H23N5O. The van der Waals surface area contributed by atoms with Crippen LogP contribution in [-0.2, 0) is 0 Å². The number of carbonyl (C=O) groups excluding carboxylic acids is 1. The molecule has 0 radical (unpaired) electrons. The van der Waals surface area contributed by atoms with Crippen LogP contribution in [0.5, 0.6) is 0 Å². The third-order valence-corrected chi connectivity index (χ3v) is 3.39. The van der Waals surface area contributed by atoms with Crippen molar-refractivity contribution in [3.63, 3.8) is 0 Å². The molecule has 2 rings (SSSR count). The van der Waals surface area contributed by atoms with Gasteiger partial charge in [0.1, 0.15) is 5.82 Å². The van der Waals surface area contributed by atoms with E-state index in [0.717, 1.165) is 39.0 Å². The standard InChI is InChI=1S/C14H23N5O/c1-18(2)11-8-15-13-7-6-12(16-17-13)14(20)19-9-4-3-5-10-19/h6-7H,3-5,8-11H2,1-2H3,(H,15,17). The normalized spacial score (nSPS) is 15.4. The van der Waals surface area contributed by atoms with Gasteiger partial charge < -0.3 is 15.1 Å². The van der Waals surface area contributed by atoms with Gasteiger partial charge in [0.05, 0.1) is 0 Å². The number of likely N-dealkylation sites (N-methyl/N-ethyl adjacent to an activating group) is 1. The number of piperidine rings is 1. The molecule has 110 valence electrons. The average Bonchev–Trinajstić information content (AvgIpc) is 2.48. The molecule has 1 amide bonds. The summed E-state index contributed by atoms with van der Waals surface area (Å²) in [6.45, 7) is 3.41. The number of nitrogens with one attached hydrogen (secondary N) is 1. The van der Waals surface area contributed by atoms with E-state index in [0.29, 0.717) is 11.5 Å². The first-order valence-electron chi connectivity index (χ1n) is 7.18. The molecule has 6 nitrogen and oxygen atoms in total. The average molecular weight is 277 g/mol. The molecule has 1 aromatic rings. The van der Waals surface area contributed by atoms with Crippen LogP contribution in [0.25, 0.3) is 0 Å². The summed E-state index contributed by atoms with van der Waals surface area (Å²) < 4.78 is 0. The van der Waals surface area contributed by atoms with Gasteiger partial charge in [-0.3, -0.25) is 4.79 Å². The first-order chi connectivity index (χ1) is 9.66. The van der Waals surface area contributed by atoms with Gasteiger partial charge in [0.25, 0.3) is 5.91 Å². The third kappa shape index (κ3) is 4.16. The highest BCUT2D eigenvalue weighted by atomic mass is 16.2. The lowest BCUT2D eigenvalue weighted by Gasteiger charge is -2.26. The van der Waals surface area contributed by atoms with Gasteiger partial charge in [0.15, 0.2) is 5.69 Å². The van der Waals surface area contributed by atoms with Crippen LogP contribution in [0.1, 0.15) is 29.8 Å². The Morgan fingerprint density at radius 3 is 2.60 bits per heavy atom. The Bertz CT molecular complexity index is 426. The molecule has 0 atom stereocenters. The van der Waals surface area contributed by atoms with Gasteiger partial charge in [0, 0.05) is 26.2 Å². The predicted octanol–water partition coefficient (Wildman–Crippen LogP) is 1.08. The maximum atomic E-state index is 12.2. The Labute approximate surface area is 120 Å². The largest absolute Gasteiger partial charge is 0.367 e. The van der Waals surface area contributed by atoms with E-state index in [9.17, 15) is 4.79 Å². The fraction of sp³-hybridized carbons (Fsp3) is 0.643. The number of hydrogen-bond donors (Lipinski definition) is 1. The lowest BCUT2D eigenvalue weighted by Crippen LogP contribution is -2.36. The zero-order valence-electron chi connectivity index (χ0n) is 12.3. The van der Waals surface area contributed by atoms with E-state index in [2.05, 4.69) is 20.4 Å². The number of likely N-dealkylation sites (tertiary alicyclic amines) is 1. The molecule has 1 aromatic heterocycles. The van der Waals surface area contributed by atoms with E-state index in [1.54, 1.807) is 6.07 Å². The van der Waals surface area contributed by atoms with Crippen molar-refractivity contribution in [2.75, 3.05) is 45.6 Å². The van der Waals surface area contributed by atoms with Crippen molar-refractivity contribution < 1.29 is 4.79 Å². The lowest BCUT2D eigenvalue weighted by molar-refractivity contribution is 0.0717. The van der Waals surface area contributed by atoms with Crippen molar-refractivity contribution in [1.29, 1.82) is 0 Å². The van der Waals surface area contributed by atoms with Crippen molar-refractivity contribution in [1.82, 2.24) is 20.0 Å². The molecule has 0 aromatic carbocycles. The Morgan fingerprint density at radius 1 is 1.25 bits per heavy atom. The van der Waals surface area contributed by atoms with Crippen LogP contribution in [0.4, 0.5) is 5.82 Å². The smallest absolute Gasteiger partial charge is 0.274 e. The Hall–Kier alpha value is -1.69. The highest BCUT2D eigenvalue weighted by Gasteiger charge is 2.19. The van der Waals surface area contributed by atoms with E-state index in [1.165, 1.54) is 6.42 Å². The molecule has 0 saturated carbocycles. The third-order valence-electron chi connectivity index (χ3n) is 3.39. The van der Waals surface area contributed by atoms with E-state index in [1.807, 2.05) is 25.1 Å². The van der Waals surface area contributed by atoms with Crippen LogP contribution in [0.3, 0.4) is 0 Å². The molecule has 2 heterocycles. The molecular weight excluding hydrogens is 254 g/mol. The molecule has 1 aliphatic rings. The summed E-state index contributed by atoms with van der Waals surface area (Å²) in [6, 6.07) is 3.57. The second-order valence-electron chi connectivity index (χ2n) is 5.39. The molecule has 0 unspecified atom stereocenters. The van der Waals surface area contributed by atoms with Crippen LogP contribution in [0, 0.1) is 0 Å². The number of anilines is 1. The summed E-state index contributed by atoms with van der Waals surface area (Å²) in [6.07, 6.45) is 3.39. The maximum Gasteiger partial charge on any atom is 0.274 e. The number of hydrogen-bond acceptors (Lipinski definition) is 5. The quantitative estimate of drug-likeness (QED) is 0.872. The minimum absolute atomic E-state index is 0.00274. The Balaban J connectivity index is 1.88. The summed E-state index contributed by atoms with van der Waals surface area (Å²) in [7, 11) is 4.04. The van der Waals surface area contributed by atoms with Crippen molar-refractivity contribution in [2.24, 2.45) is 0 Å². The Morgan fingerprint density at radius 2 is 2.00 bits per heavy atom. The number of amides is 1. The lowest BCUT2D eigenvalue weighted by atomic mass is 10.1. The molecule has 1 aliphatic heterocycles. The van der Waals surface area contributed by atoms with Crippen LogP contribution in [0.15, 0.2) is 12.1 Å². The van der Waals surface area contributed by atoms with E-state index >= 15 is 0 Å². The number of rotatable bonds is 5. The van der Waals surface area contributed by atoms with Crippen LogP contribution in [0.2, 0.25) is 0 Å². The van der Waals surface area contributed by atoms with E-state index < -0.39 is 0 Å². The molecule has 0 aliphatic carbocycles. The molecule has 20 heavy (non-hydrogen) atoms. The minimum atomic E-state index is -0.00274. The van der Waals surface area contributed by atoms with Crippen molar-refractivity contribution >= 4 is 11.7 Å². The highest BCUT2D eigenvalue weighted by molar-refractivity contribution is 5.92. The predicted molar refractivity (Wildman–Crippen MR) is 78.8 cm³/mol. The van der Waals surface area contributed by atoms with Gasteiger partial charge in [-0.2, -0.15) is 0 Å². The number of aromatic nitrogens is 2. The van der Waals surface area contributed by atoms with E-state index in [4.69, 9.17) is 0 Å². The highest BCUT2D eigenvalue weighted by Crippen LogP contribution is 2.12. The fourth-order valence-corrected chi connectivity index (χ4v) is 2.21. The molecule has 1 saturated heterocycles. The molecule has 6 heteroatoms. The van der Waals surface area contributed by atoms with Crippen molar-refractivity contribution in [3.05, 3.63) is 17.8 Å². The first-order valence-corrected chi connectivity index (χ1v) is 7.18. The van der Waals surface area contributed by atoms with E-state index in [-0.39, 0.29) is 5.91 Å². The first kappa shape index (κ1) is 14.7. The van der Waals surface area contributed by atoms with Crippen LogP contribution in [-0.4, -0.2) is 66.2 Å². The second-order valence-corrected chi connectivity index (χ2v) is 5.39. The zero-order valence-corrected chi connectivity index (χ0v) is 12.3. The second kappa shape index (κ2) is 7.19. The van der Waals surface area contributed by atoms with Crippen molar-refractivity contribution in [2.45, 2.75) is 19.3 Å². The molecule has 0 bridgehead atoms. The number of carbonyl (C=O) groups is 1. The van der Waals surface area contributed by atoms with Gasteiger partial charge in [0.2, 0.25) is 0 Å². The molecule has 1 N–H and O–H groups in total. The zero-order chi connectivity index (χ0) is 14.4. The topological polar surface area (TPSA) is 61.4 Å². The molecule has 1 fully saturated rings. The minimum Gasteiger partial charge on any atom is -0.367 e. The Kier molecular flexibility index (Phi) is 5.29. The summed E-state index contributed by atoms with van der Waals surface area (Å²) in [5, 5.41) is 11.3. The van der Waals surface area contributed by atoms with Gasteiger partial charge in [-0.15, -0.1) is 10.2 Å². The summed E-state index contributed by atoms with van der Waals surface area (Å²) >= 11 is 0. The van der Waals surface area contributed by atoms with Gasteiger partial charge >= 0.3 is 0 Å². The van der Waals surface area contributed by atoms with Crippen molar-refractivity contribution in [3.8, 4) is 0 Å².